The van der Waals surface area contributed by atoms with Gasteiger partial charge in [-0.1, -0.05) is 18.2 Å². The molecule has 10 heteroatoms. The zero-order valence-electron chi connectivity index (χ0n) is 14.0. The van der Waals surface area contributed by atoms with Crippen molar-refractivity contribution in [3.05, 3.63) is 77.2 Å². The van der Waals surface area contributed by atoms with Gasteiger partial charge in [-0.05, 0) is 47.8 Å². The van der Waals surface area contributed by atoms with Gasteiger partial charge in [-0.2, -0.15) is 13.2 Å². The van der Waals surface area contributed by atoms with Crippen molar-refractivity contribution in [1.82, 2.24) is 0 Å². The van der Waals surface area contributed by atoms with Crippen molar-refractivity contribution in [2.45, 2.75) is 10.4 Å². The molecule has 0 radical (unpaired) electrons. The highest BCUT2D eigenvalue weighted by Crippen LogP contribution is 2.30. The summed E-state index contributed by atoms with van der Waals surface area (Å²) in [5.74, 6) is -0.670. The summed E-state index contributed by atoms with van der Waals surface area (Å²) in [5, 5.41) is 4.13. The molecule has 3 rings (SSSR count). The van der Waals surface area contributed by atoms with E-state index in [2.05, 4.69) is 10.0 Å². The van der Waals surface area contributed by atoms with Crippen LogP contribution in [-0.4, -0.2) is 14.3 Å². The molecule has 3 aromatic rings. The summed E-state index contributed by atoms with van der Waals surface area (Å²) in [7, 11) is -3.82. The topological polar surface area (TPSA) is 75.3 Å². The highest BCUT2D eigenvalue weighted by Gasteiger charge is 2.30. The number of alkyl halides is 3. The van der Waals surface area contributed by atoms with Crippen LogP contribution in [-0.2, 0) is 16.2 Å². The maximum atomic E-state index is 12.6. The predicted molar refractivity (Wildman–Crippen MR) is 101 cm³/mol. The van der Waals surface area contributed by atoms with Crippen molar-refractivity contribution in [2.24, 2.45) is 0 Å². The molecule has 0 atom stereocenters. The Morgan fingerprint density at radius 3 is 2.11 bits per heavy atom. The van der Waals surface area contributed by atoms with Crippen molar-refractivity contribution < 1.29 is 26.4 Å². The first-order chi connectivity index (χ1) is 13.2. The van der Waals surface area contributed by atoms with Gasteiger partial charge in [0.1, 0.15) is 4.21 Å². The Bertz CT molecular complexity index is 1080. The number of rotatable bonds is 5. The smallest absolute Gasteiger partial charge is 0.320 e. The average molecular weight is 426 g/mol. The van der Waals surface area contributed by atoms with Crippen molar-refractivity contribution >= 4 is 38.6 Å². The van der Waals surface area contributed by atoms with Crippen LogP contribution in [0.5, 0.6) is 0 Å². The van der Waals surface area contributed by atoms with E-state index >= 15 is 0 Å². The number of halogens is 3. The Hall–Kier alpha value is -2.85. The molecule has 2 aromatic carbocycles. The molecule has 1 heterocycles. The van der Waals surface area contributed by atoms with E-state index in [0.717, 1.165) is 35.6 Å². The lowest BCUT2D eigenvalue weighted by atomic mass is 10.1. The molecule has 0 unspecified atom stereocenters. The zero-order valence-corrected chi connectivity index (χ0v) is 15.7. The van der Waals surface area contributed by atoms with Gasteiger partial charge in [-0.3, -0.25) is 9.52 Å². The number of anilines is 2. The molecule has 0 fully saturated rings. The van der Waals surface area contributed by atoms with E-state index in [1.165, 1.54) is 18.2 Å². The number of amides is 1. The van der Waals surface area contributed by atoms with Crippen LogP contribution >= 0.6 is 11.3 Å². The van der Waals surface area contributed by atoms with Gasteiger partial charge in [0.25, 0.3) is 15.9 Å². The van der Waals surface area contributed by atoms with Crippen molar-refractivity contribution in [1.29, 1.82) is 0 Å². The van der Waals surface area contributed by atoms with Crippen molar-refractivity contribution in [3.63, 3.8) is 0 Å². The molecular formula is C18H13F3N2O3S2. The van der Waals surface area contributed by atoms with Gasteiger partial charge < -0.3 is 5.32 Å². The van der Waals surface area contributed by atoms with E-state index in [0.29, 0.717) is 0 Å². The van der Waals surface area contributed by atoms with E-state index in [9.17, 15) is 26.4 Å². The normalized spacial score (nSPS) is 11.8. The predicted octanol–water partition coefficient (Wildman–Crippen LogP) is 4.82. The molecule has 0 aliphatic rings. The van der Waals surface area contributed by atoms with Crippen LogP contribution in [0.15, 0.2) is 70.3 Å². The molecular weight excluding hydrogens is 413 g/mol. The van der Waals surface area contributed by atoms with Gasteiger partial charge in [-0.15, -0.1) is 11.3 Å². The first-order valence-electron chi connectivity index (χ1n) is 7.81. The highest BCUT2D eigenvalue weighted by atomic mass is 32.2. The number of hydrogen-bond acceptors (Lipinski definition) is 4. The molecule has 146 valence electrons. The summed E-state index contributed by atoms with van der Waals surface area (Å²) in [6, 6.07) is 12.9. The lowest BCUT2D eigenvalue weighted by Gasteiger charge is -2.13. The first-order valence-corrected chi connectivity index (χ1v) is 10.2. The summed E-state index contributed by atoms with van der Waals surface area (Å²) in [6.07, 6.45) is -4.50. The molecule has 1 amide bonds. The Morgan fingerprint density at radius 1 is 0.893 bits per heavy atom. The van der Waals surface area contributed by atoms with Gasteiger partial charge in [0.2, 0.25) is 0 Å². The van der Waals surface area contributed by atoms with E-state index in [-0.39, 0.29) is 21.1 Å². The second kappa shape index (κ2) is 7.64. The SMILES string of the molecule is O=C(Nc1ccccc1NS(=O)(=O)c1cccs1)c1ccc(C(F)(F)F)cc1. The Morgan fingerprint density at radius 2 is 1.54 bits per heavy atom. The molecule has 0 saturated carbocycles. The average Bonchev–Trinajstić information content (AvgIpc) is 3.18. The zero-order chi connectivity index (χ0) is 20.4. The first kappa shape index (κ1) is 19.9. The van der Waals surface area contributed by atoms with Crippen molar-refractivity contribution in [2.75, 3.05) is 10.0 Å². The van der Waals surface area contributed by atoms with Crippen LogP contribution in [0, 0.1) is 0 Å². The van der Waals surface area contributed by atoms with Crippen LogP contribution in [0.2, 0.25) is 0 Å². The second-order valence-electron chi connectivity index (χ2n) is 5.61. The third kappa shape index (κ3) is 4.52. The minimum Gasteiger partial charge on any atom is -0.320 e. The molecule has 0 aliphatic heterocycles. The lowest BCUT2D eigenvalue weighted by Crippen LogP contribution is -2.17. The number of para-hydroxylation sites is 2. The van der Waals surface area contributed by atoms with Crippen LogP contribution in [0.3, 0.4) is 0 Å². The Labute approximate surface area is 162 Å². The van der Waals surface area contributed by atoms with Gasteiger partial charge in [0.15, 0.2) is 0 Å². The van der Waals surface area contributed by atoms with Crippen LogP contribution < -0.4 is 10.0 Å². The van der Waals surface area contributed by atoms with Gasteiger partial charge in [0, 0.05) is 5.56 Å². The number of sulfonamides is 1. The lowest BCUT2D eigenvalue weighted by molar-refractivity contribution is -0.137. The Balaban J connectivity index is 1.81. The number of carbonyl (C=O) groups excluding carboxylic acids is 1. The molecule has 0 aliphatic carbocycles. The summed E-state index contributed by atoms with van der Waals surface area (Å²) < 4.78 is 65.2. The van der Waals surface area contributed by atoms with E-state index < -0.39 is 27.7 Å². The monoisotopic (exact) mass is 426 g/mol. The summed E-state index contributed by atoms with van der Waals surface area (Å²) in [4.78, 5) is 12.4. The van der Waals surface area contributed by atoms with E-state index in [1.54, 1.807) is 23.6 Å². The molecule has 0 bridgehead atoms. The molecule has 1 aromatic heterocycles. The molecule has 2 N–H and O–H groups in total. The number of carbonyl (C=O) groups is 1. The van der Waals surface area contributed by atoms with Gasteiger partial charge in [-0.25, -0.2) is 8.42 Å². The van der Waals surface area contributed by atoms with Crippen molar-refractivity contribution in [3.8, 4) is 0 Å². The number of thiophene rings is 1. The molecule has 28 heavy (non-hydrogen) atoms. The summed E-state index contributed by atoms with van der Waals surface area (Å²) in [5.41, 5.74) is -0.555. The maximum Gasteiger partial charge on any atom is 0.416 e. The van der Waals surface area contributed by atoms with E-state index in [4.69, 9.17) is 0 Å². The van der Waals surface area contributed by atoms with Crippen LogP contribution in [0.25, 0.3) is 0 Å². The molecule has 0 saturated heterocycles. The maximum absolute atomic E-state index is 12.6. The fourth-order valence-electron chi connectivity index (χ4n) is 2.30. The quantitative estimate of drug-likeness (QED) is 0.614. The van der Waals surface area contributed by atoms with E-state index in [1.807, 2.05) is 0 Å². The molecule has 0 spiro atoms. The third-order valence-electron chi connectivity index (χ3n) is 3.65. The highest BCUT2D eigenvalue weighted by molar-refractivity contribution is 7.94. The number of nitrogens with one attached hydrogen (secondary N) is 2. The molecule has 5 nitrogen and oxygen atoms in total. The fraction of sp³-hybridized carbons (Fsp3) is 0.0556. The Kier molecular flexibility index (Phi) is 5.43. The van der Waals surface area contributed by atoms with Crippen LogP contribution in [0.1, 0.15) is 15.9 Å². The summed E-state index contributed by atoms with van der Waals surface area (Å²) >= 11 is 1.04. The number of benzene rings is 2. The largest absolute Gasteiger partial charge is 0.416 e. The number of hydrogen-bond donors (Lipinski definition) is 2. The summed E-state index contributed by atoms with van der Waals surface area (Å²) in [6.45, 7) is 0. The minimum atomic E-state index is -4.50. The van der Waals surface area contributed by atoms with Crippen LogP contribution in [0.4, 0.5) is 24.5 Å². The minimum absolute atomic E-state index is 0.00363. The third-order valence-corrected chi connectivity index (χ3v) is 6.42. The standard InChI is InChI=1S/C18H13F3N2O3S2/c19-18(20,21)13-9-7-12(8-10-13)17(24)22-14-4-1-2-5-15(14)23-28(25,26)16-6-3-11-27-16/h1-11,23H,(H,22,24). The van der Waals surface area contributed by atoms with Gasteiger partial charge >= 0.3 is 6.18 Å². The fourth-order valence-corrected chi connectivity index (χ4v) is 4.37. The second-order valence-corrected chi connectivity index (χ2v) is 8.47. The van der Waals surface area contributed by atoms with Gasteiger partial charge in [0.05, 0.1) is 16.9 Å².